The van der Waals surface area contributed by atoms with Crippen LogP contribution >= 0.6 is 0 Å². The van der Waals surface area contributed by atoms with Gasteiger partial charge in [-0.2, -0.15) is 0 Å². The van der Waals surface area contributed by atoms with Crippen LogP contribution in [0.3, 0.4) is 0 Å². The molecule has 0 saturated carbocycles. The molecule has 2 aromatic rings. The summed E-state index contributed by atoms with van der Waals surface area (Å²) in [6.45, 7) is 7.21. The number of rotatable bonds is 5. The lowest BCUT2D eigenvalue weighted by Gasteiger charge is -2.36. The predicted molar refractivity (Wildman–Crippen MR) is 109 cm³/mol. The molecule has 1 aliphatic rings. The van der Waals surface area contributed by atoms with Gasteiger partial charge in [0, 0.05) is 37.9 Å². The van der Waals surface area contributed by atoms with E-state index in [0.717, 1.165) is 49.7 Å². The van der Waals surface area contributed by atoms with Gasteiger partial charge in [0.15, 0.2) is 0 Å². The molecule has 1 saturated heterocycles. The number of nitrogens with one attached hydrogen (secondary N) is 1. The molecule has 1 fully saturated rings. The Morgan fingerprint density at radius 2 is 1.85 bits per heavy atom. The van der Waals surface area contributed by atoms with E-state index in [-0.39, 0.29) is 5.91 Å². The summed E-state index contributed by atoms with van der Waals surface area (Å²) in [5, 5.41) is 2.98. The normalized spacial score (nSPS) is 15.3. The molecule has 5 nitrogen and oxygen atoms in total. The fourth-order valence-electron chi connectivity index (χ4n) is 3.14. The van der Waals surface area contributed by atoms with E-state index in [2.05, 4.69) is 22.0 Å². The molecule has 1 amide bonds. The predicted octanol–water partition coefficient (Wildman–Crippen LogP) is 3.06. The highest BCUT2D eigenvalue weighted by atomic mass is 16.1. The molecule has 3 N–H and O–H groups in total. The Morgan fingerprint density at radius 1 is 1.12 bits per heavy atom. The zero-order chi connectivity index (χ0) is 18.4. The first kappa shape index (κ1) is 18.0. The van der Waals surface area contributed by atoms with Gasteiger partial charge in [-0.3, -0.25) is 4.79 Å². The molecule has 0 atom stereocenters. The Hall–Kier alpha value is -2.79. The van der Waals surface area contributed by atoms with E-state index < -0.39 is 0 Å². The van der Waals surface area contributed by atoms with Crippen LogP contribution in [-0.2, 0) is 4.79 Å². The highest BCUT2D eigenvalue weighted by Gasteiger charge is 2.18. The van der Waals surface area contributed by atoms with E-state index in [0.29, 0.717) is 5.69 Å². The minimum absolute atomic E-state index is 0.159. The second-order valence-electron chi connectivity index (χ2n) is 6.43. The van der Waals surface area contributed by atoms with Crippen molar-refractivity contribution >= 4 is 29.0 Å². The van der Waals surface area contributed by atoms with Crippen molar-refractivity contribution in [1.82, 2.24) is 4.90 Å². The largest absolute Gasteiger partial charge is 0.399 e. The minimum atomic E-state index is -0.159. The quantitative estimate of drug-likeness (QED) is 0.643. The van der Waals surface area contributed by atoms with E-state index in [9.17, 15) is 4.79 Å². The minimum Gasteiger partial charge on any atom is -0.399 e. The molecule has 1 aliphatic heterocycles. The standard InChI is InChI=1S/C21H26N4O/c1-2-24-12-14-25(15-13-24)20-10-9-18(22)16-19(20)23-21(26)11-8-17-6-4-3-5-7-17/h3-11,16H,2,12-15,22H2,1H3,(H,23,26)/b11-8+. The van der Waals surface area contributed by atoms with Gasteiger partial charge in [0.05, 0.1) is 11.4 Å². The Balaban J connectivity index is 1.72. The van der Waals surface area contributed by atoms with Crippen LogP contribution in [0, 0.1) is 0 Å². The molecule has 3 rings (SSSR count). The fraction of sp³-hybridized carbons (Fsp3) is 0.286. The summed E-state index contributed by atoms with van der Waals surface area (Å²) in [6, 6.07) is 15.5. The maximum Gasteiger partial charge on any atom is 0.248 e. The van der Waals surface area contributed by atoms with Gasteiger partial charge in [-0.05, 0) is 36.4 Å². The molecule has 26 heavy (non-hydrogen) atoms. The average molecular weight is 350 g/mol. The van der Waals surface area contributed by atoms with E-state index in [1.165, 1.54) is 0 Å². The molecule has 2 aromatic carbocycles. The van der Waals surface area contributed by atoms with Gasteiger partial charge in [0.25, 0.3) is 0 Å². The number of nitrogen functional groups attached to an aromatic ring is 1. The van der Waals surface area contributed by atoms with Gasteiger partial charge in [-0.25, -0.2) is 0 Å². The fourth-order valence-corrected chi connectivity index (χ4v) is 3.14. The molecule has 136 valence electrons. The Labute approximate surface area is 155 Å². The summed E-state index contributed by atoms with van der Waals surface area (Å²) in [5.74, 6) is -0.159. The first-order valence-electron chi connectivity index (χ1n) is 9.06. The summed E-state index contributed by atoms with van der Waals surface area (Å²) in [4.78, 5) is 17.1. The van der Waals surface area contributed by atoms with Gasteiger partial charge in [0.2, 0.25) is 5.91 Å². The lowest BCUT2D eigenvalue weighted by atomic mass is 10.2. The number of hydrogen-bond acceptors (Lipinski definition) is 4. The molecular formula is C21H26N4O. The Bertz CT molecular complexity index is 765. The van der Waals surface area contributed by atoms with Crippen molar-refractivity contribution < 1.29 is 4.79 Å². The summed E-state index contributed by atoms with van der Waals surface area (Å²) >= 11 is 0. The van der Waals surface area contributed by atoms with Crippen LogP contribution in [0.2, 0.25) is 0 Å². The number of likely N-dealkylation sites (N-methyl/N-ethyl adjacent to an activating group) is 1. The van der Waals surface area contributed by atoms with E-state index in [1.807, 2.05) is 48.5 Å². The molecule has 0 aliphatic carbocycles. The van der Waals surface area contributed by atoms with Crippen LogP contribution in [0.5, 0.6) is 0 Å². The van der Waals surface area contributed by atoms with E-state index in [1.54, 1.807) is 12.2 Å². The summed E-state index contributed by atoms with van der Waals surface area (Å²) in [7, 11) is 0. The second-order valence-corrected chi connectivity index (χ2v) is 6.43. The topological polar surface area (TPSA) is 61.6 Å². The zero-order valence-electron chi connectivity index (χ0n) is 15.2. The first-order valence-corrected chi connectivity index (χ1v) is 9.06. The summed E-state index contributed by atoms with van der Waals surface area (Å²) < 4.78 is 0. The van der Waals surface area contributed by atoms with Crippen molar-refractivity contribution in [3.8, 4) is 0 Å². The van der Waals surface area contributed by atoms with Crippen LogP contribution in [-0.4, -0.2) is 43.5 Å². The number of carbonyl (C=O) groups excluding carboxylic acids is 1. The SMILES string of the molecule is CCN1CCN(c2ccc(N)cc2NC(=O)/C=C/c2ccccc2)CC1. The Kier molecular flexibility index (Phi) is 5.92. The zero-order valence-corrected chi connectivity index (χ0v) is 15.2. The first-order chi connectivity index (χ1) is 12.7. The number of hydrogen-bond donors (Lipinski definition) is 2. The third-order valence-corrected chi connectivity index (χ3v) is 4.67. The van der Waals surface area contributed by atoms with Crippen molar-refractivity contribution in [3.05, 3.63) is 60.2 Å². The Morgan fingerprint density at radius 3 is 2.54 bits per heavy atom. The van der Waals surface area contributed by atoms with Crippen molar-refractivity contribution in [1.29, 1.82) is 0 Å². The lowest BCUT2D eigenvalue weighted by Crippen LogP contribution is -2.46. The lowest BCUT2D eigenvalue weighted by molar-refractivity contribution is -0.111. The molecule has 1 heterocycles. The molecule has 0 aromatic heterocycles. The average Bonchev–Trinajstić information content (AvgIpc) is 2.67. The number of benzene rings is 2. The smallest absolute Gasteiger partial charge is 0.248 e. The van der Waals surface area contributed by atoms with E-state index >= 15 is 0 Å². The number of piperazine rings is 1. The highest BCUT2D eigenvalue weighted by molar-refractivity contribution is 6.04. The maximum atomic E-state index is 12.4. The van der Waals surface area contributed by atoms with Gasteiger partial charge < -0.3 is 20.9 Å². The monoisotopic (exact) mass is 350 g/mol. The van der Waals surface area contributed by atoms with Gasteiger partial charge in [0.1, 0.15) is 0 Å². The van der Waals surface area contributed by atoms with Crippen molar-refractivity contribution in [2.24, 2.45) is 0 Å². The number of nitrogens with zero attached hydrogens (tertiary/aromatic N) is 2. The van der Waals surface area contributed by atoms with Crippen LogP contribution in [0.1, 0.15) is 12.5 Å². The molecule has 5 heteroatoms. The van der Waals surface area contributed by atoms with Crippen LogP contribution in [0.4, 0.5) is 17.1 Å². The van der Waals surface area contributed by atoms with Crippen LogP contribution < -0.4 is 16.0 Å². The van der Waals surface area contributed by atoms with Gasteiger partial charge in [-0.15, -0.1) is 0 Å². The number of nitrogens with two attached hydrogens (primary N) is 1. The van der Waals surface area contributed by atoms with Gasteiger partial charge >= 0.3 is 0 Å². The summed E-state index contributed by atoms with van der Waals surface area (Å²) in [5.41, 5.74) is 9.37. The number of carbonyl (C=O) groups is 1. The molecule has 0 bridgehead atoms. The number of anilines is 3. The van der Waals surface area contributed by atoms with Crippen molar-refractivity contribution in [2.75, 3.05) is 48.7 Å². The van der Waals surface area contributed by atoms with E-state index in [4.69, 9.17) is 5.73 Å². The molecule has 0 spiro atoms. The third-order valence-electron chi connectivity index (χ3n) is 4.67. The van der Waals surface area contributed by atoms with Crippen molar-refractivity contribution in [2.45, 2.75) is 6.92 Å². The van der Waals surface area contributed by atoms with Crippen molar-refractivity contribution in [3.63, 3.8) is 0 Å². The number of amides is 1. The third kappa shape index (κ3) is 4.64. The second kappa shape index (κ2) is 8.54. The molecule has 0 radical (unpaired) electrons. The van der Waals surface area contributed by atoms with Gasteiger partial charge in [-0.1, -0.05) is 37.3 Å². The maximum absolute atomic E-state index is 12.4. The molecule has 0 unspecified atom stereocenters. The molecular weight excluding hydrogens is 324 g/mol. The van der Waals surface area contributed by atoms with Crippen LogP contribution in [0.25, 0.3) is 6.08 Å². The van der Waals surface area contributed by atoms with Crippen LogP contribution in [0.15, 0.2) is 54.6 Å². The summed E-state index contributed by atoms with van der Waals surface area (Å²) in [6.07, 6.45) is 3.36. The highest BCUT2D eigenvalue weighted by Crippen LogP contribution is 2.29.